The van der Waals surface area contributed by atoms with Gasteiger partial charge in [-0.3, -0.25) is 14.4 Å². The summed E-state index contributed by atoms with van der Waals surface area (Å²) in [5.74, 6) is -1.97. The molecular weight excluding hydrogens is 318 g/mol. The molecular formula is C16H15NO7. The van der Waals surface area contributed by atoms with Gasteiger partial charge < -0.3 is 24.3 Å². The van der Waals surface area contributed by atoms with Crippen LogP contribution in [0.3, 0.4) is 0 Å². The number of hydrogen-bond donors (Lipinski definition) is 2. The highest BCUT2D eigenvalue weighted by atomic mass is 16.5. The molecule has 2 N–H and O–H groups in total. The Balaban J connectivity index is 2.13. The van der Waals surface area contributed by atoms with Gasteiger partial charge in [0, 0.05) is 12.1 Å². The predicted molar refractivity (Wildman–Crippen MR) is 83.5 cm³/mol. The number of aromatic hydroxyl groups is 1. The summed E-state index contributed by atoms with van der Waals surface area (Å²) in [5, 5.41) is 11.9. The molecule has 1 heterocycles. The van der Waals surface area contributed by atoms with E-state index in [1.54, 1.807) is 12.1 Å². The monoisotopic (exact) mass is 333 g/mol. The first-order valence-corrected chi connectivity index (χ1v) is 6.82. The fourth-order valence-electron chi connectivity index (χ4n) is 1.90. The second-order valence-electron chi connectivity index (χ2n) is 4.68. The van der Waals surface area contributed by atoms with Crippen LogP contribution in [0.5, 0.6) is 17.2 Å². The number of amides is 1. The molecule has 0 radical (unpaired) electrons. The molecule has 0 aliphatic heterocycles. The van der Waals surface area contributed by atoms with Crippen molar-refractivity contribution in [3.05, 3.63) is 46.5 Å². The third-order valence-corrected chi connectivity index (χ3v) is 3.16. The zero-order valence-corrected chi connectivity index (χ0v) is 13.0. The molecule has 8 nitrogen and oxygen atoms in total. The molecule has 8 heteroatoms. The van der Waals surface area contributed by atoms with Gasteiger partial charge in [-0.1, -0.05) is 0 Å². The van der Waals surface area contributed by atoms with Crippen LogP contribution < -0.4 is 20.2 Å². The highest BCUT2D eigenvalue weighted by Crippen LogP contribution is 2.29. The molecule has 0 aliphatic rings. The number of carbonyl (C=O) groups excluding carboxylic acids is 2. The largest absolute Gasteiger partial charge is 0.502 e. The molecule has 1 aromatic carbocycles. The summed E-state index contributed by atoms with van der Waals surface area (Å²) < 4.78 is 15.0. The number of carbonyl (C=O) groups is 2. The number of methoxy groups -OCH3 is 2. The topological polar surface area (TPSA) is 115 Å². The molecule has 2 aromatic rings. The Labute approximate surface area is 136 Å². The van der Waals surface area contributed by atoms with Crippen LogP contribution in [-0.4, -0.2) is 31.0 Å². The Morgan fingerprint density at radius 3 is 2.62 bits per heavy atom. The molecule has 0 aliphatic carbocycles. The number of Topliss-reactive ketones (excluding diaryl/α,β-unsaturated/α-hetero) is 1. The molecule has 24 heavy (non-hydrogen) atoms. The van der Waals surface area contributed by atoms with Gasteiger partial charge in [0.15, 0.2) is 5.76 Å². The molecule has 0 saturated carbocycles. The quantitative estimate of drug-likeness (QED) is 0.761. The summed E-state index contributed by atoms with van der Waals surface area (Å²) in [4.78, 5) is 35.2. The van der Waals surface area contributed by atoms with Crippen LogP contribution >= 0.6 is 0 Å². The number of nitrogens with one attached hydrogen (secondary N) is 1. The third kappa shape index (κ3) is 3.72. The van der Waals surface area contributed by atoms with Gasteiger partial charge in [-0.2, -0.15) is 0 Å². The van der Waals surface area contributed by atoms with E-state index in [2.05, 4.69) is 5.32 Å². The lowest BCUT2D eigenvalue weighted by molar-refractivity contribution is -0.134. The number of ether oxygens (including phenoxy) is 2. The first kappa shape index (κ1) is 17.1. The number of ketones is 1. The van der Waals surface area contributed by atoms with Gasteiger partial charge in [0.1, 0.15) is 11.5 Å². The van der Waals surface area contributed by atoms with E-state index in [-0.39, 0.29) is 11.4 Å². The maximum Gasteiger partial charge on any atom is 0.292 e. The van der Waals surface area contributed by atoms with Gasteiger partial charge in [0.2, 0.25) is 17.0 Å². The smallest absolute Gasteiger partial charge is 0.292 e. The molecule has 0 atom stereocenters. The number of hydrogen-bond acceptors (Lipinski definition) is 7. The fourth-order valence-corrected chi connectivity index (χ4v) is 1.90. The van der Waals surface area contributed by atoms with Crippen LogP contribution in [0.1, 0.15) is 5.76 Å². The summed E-state index contributed by atoms with van der Waals surface area (Å²) in [6.45, 7) is 0. The van der Waals surface area contributed by atoms with Gasteiger partial charge in [0.05, 0.1) is 32.6 Å². The van der Waals surface area contributed by atoms with E-state index in [4.69, 9.17) is 13.9 Å². The highest BCUT2D eigenvalue weighted by molar-refractivity contribution is 6.41. The molecule has 126 valence electrons. The van der Waals surface area contributed by atoms with E-state index in [1.165, 1.54) is 20.3 Å². The van der Waals surface area contributed by atoms with Gasteiger partial charge in [-0.15, -0.1) is 0 Å². The molecule has 2 rings (SSSR count). The van der Waals surface area contributed by atoms with E-state index in [0.717, 1.165) is 12.3 Å². The minimum Gasteiger partial charge on any atom is -0.502 e. The van der Waals surface area contributed by atoms with Crippen molar-refractivity contribution in [1.29, 1.82) is 0 Å². The van der Waals surface area contributed by atoms with Crippen molar-refractivity contribution in [3.8, 4) is 17.2 Å². The van der Waals surface area contributed by atoms with Crippen LogP contribution in [0.25, 0.3) is 0 Å². The lowest BCUT2D eigenvalue weighted by Gasteiger charge is -2.11. The lowest BCUT2D eigenvalue weighted by Crippen LogP contribution is -2.25. The normalized spacial score (nSPS) is 10.1. The SMILES string of the molecule is COc1ccc(NC(=O)C(=O)Cc2occc(=O)c2O)c(OC)c1. The van der Waals surface area contributed by atoms with E-state index in [1.807, 2.05) is 0 Å². The summed E-state index contributed by atoms with van der Waals surface area (Å²) in [6.07, 6.45) is 0.487. The Hall–Kier alpha value is -3.29. The van der Waals surface area contributed by atoms with Crippen molar-refractivity contribution in [1.82, 2.24) is 0 Å². The molecule has 1 aromatic heterocycles. The fraction of sp³-hybridized carbons (Fsp3) is 0.188. The third-order valence-electron chi connectivity index (χ3n) is 3.16. The summed E-state index contributed by atoms with van der Waals surface area (Å²) in [7, 11) is 2.89. The number of anilines is 1. The van der Waals surface area contributed by atoms with Crippen LogP contribution in [0.15, 0.2) is 39.7 Å². The Morgan fingerprint density at radius 1 is 1.21 bits per heavy atom. The molecule has 0 unspecified atom stereocenters. The van der Waals surface area contributed by atoms with Crippen LogP contribution in [-0.2, 0) is 16.0 Å². The van der Waals surface area contributed by atoms with Crippen molar-refractivity contribution in [2.24, 2.45) is 0 Å². The van der Waals surface area contributed by atoms with Crippen molar-refractivity contribution in [2.45, 2.75) is 6.42 Å². The number of benzene rings is 1. The molecule has 0 fully saturated rings. The lowest BCUT2D eigenvalue weighted by atomic mass is 10.2. The Morgan fingerprint density at radius 2 is 1.96 bits per heavy atom. The van der Waals surface area contributed by atoms with Crippen molar-refractivity contribution in [2.75, 3.05) is 19.5 Å². The second kappa shape index (κ2) is 7.32. The predicted octanol–water partition coefficient (Wildman–Crippen LogP) is 1.11. The van der Waals surface area contributed by atoms with Crippen molar-refractivity contribution in [3.63, 3.8) is 0 Å². The molecule has 0 saturated heterocycles. The molecule has 0 bridgehead atoms. The standard InChI is InChI=1S/C16H15NO7/c1-22-9-3-4-10(13(7-9)23-2)17-16(21)12(19)8-14-15(20)11(18)5-6-24-14/h3-7,20H,8H2,1-2H3,(H,17,21). The maximum absolute atomic E-state index is 12.0. The van der Waals surface area contributed by atoms with E-state index >= 15 is 0 Å². The van der Waals surface area contributed by atoms with E-state index in [0.29, 0.717) is 11.5 Å². The van der Waals surface area contributed by atoms with Crippen LogP contribution in [0, 0.1) is 0 Å². The highest BCUT2D eigenvalue weighted by Gasteiger charge is 2.20. The summed E-state index contributed by atoms with van der Waals surface area (Å²) in [5.41, 5.74) is -0.420. The van der Waals surface area contributed by atoms with Gasteiger partial charge >= 0.3 is 0 Å². The number of rotatable bonds is 6. The molecule has 0 spiro atoms. The van der Waals surface area contributed by atoms with Gasteiger partial charge in [0.25, 0.3) is 5.91 Å². The minimum absolute atomic E-state index is 0.274. The summed E-state index contributed by atoms with van der Waals surface area (Å²) >= 11 is 0. The Bertz CT molecular complexity index is 825. The zero-order chi connectivity index (χ0) is 17.7. The Kier molecular flexibility index (Phi) is 5.20. The van der Waals surface area contributed by atoms with E-state index < -0.39 is 29.3 Å². The second-order valence-corrected chi connectivity index (χ2v) is 4.68. The van der Waals surface area contributed by atoms with E-state index in [9.17, 15) is 19.5 Å². The van der Waals surface area contributed by atoms with Crippen LogP contribution in [0.4, 0.5) is 5.69 Å². The van der Waals surface area contributed by atoms with Gasteiger partial charge in [-0.05, 0) is 12.1 Å². The van der Waals surface area contributed by atoms with Crippen LogP contribution in [0.2, 0.25) is 0 Å². The van der Waals surface area contributed by atoms with Crippen molar-refractivity contribution >= 4 is 17.4 Å². The summed E-state index contributed by atoms with van der Waals surface area (Å²) in [6, 6.07) is 5.65. The first-order chi connectivity index (χ1) is 11.5. The van der Waals surface area contributed by atoms with Crippen molar-refractivity contribution < 1.29 is 28.6 Å². The van der Waals surface area contributed by atoms with Gasteiger partial charge in [-0.25, -0.2) is 0 Å². The zero-order valence-electron chi connectivity index (χ0n) is 13.0. The average molecular weight is 333 g/mol. The maximum atomic E-state index is 12.0. The average Bonchev–Trinajstić information content (AvgIpc) is 2.59. The molecule has 1 amide bonds. The minimum atomic E-state index is -0.940. The first-order valence-electron chi connectivity index (χ1n) is 6.82.